The zero-order valence-corrected chi connectivity index (χ0v) is 14.6. The first-order chi connectivity index (χ1) is 11.2. The van der Waals surface area contributed by atoms with Gasteiger partial charge in [-0.05, 0) is 51.3 Å². The number of para-hydroxylation sites is 1. The molecule has 1 aliphatic heterocycles. The minimum absolute atomic E-state index is 0.796. The van der Waals surface area contributed by atoms with Crippen LogP contribution < -0.4 is 4.74 Å². The molecule has 2 aliphatic rings. The van der Waals surface area contributed by atoms with Crippen molar-refractivity contribution in [2.75, 3.05) is 40.3 Å². The SMILES string of the molecule is CN(C)CCCOc1ccccc1CN1C[C@H]2CC=CC[C@H]2C1. The van der Waals surface area contributed by atoms with Crippen molar-refractivity contribution in [1.82, 2.24) is 9.80 Å². The molecule has 1 heterocycles. The number of rotatable bonds is 7. The van der Waals surface area contributed by atoms with Crippen molar-refractivity contribution in [3.8, 4) is 5.75 Å². The second kappa shape index (κ2) is 7.98. The molecule has 23 heavy (non-hydrogen) atoms. The van der Waals surface area contributed by atoms with Gasteiger partial charge in [-0.1, -0.05) is 30.4 Å². The number of benzene rings is 1. The average Bonchev–Trinajstić information content (AvgIpc) is 2.95. The number of allylic oxidation sites excluding steroid dienone is 2. The molecule has 0 amide bonds. The summed E-state index contributed by atoms with van der Waals surface area (Å²) in [6, 6.07) is 8.56. The molecule has 3 rings (SSSR count). The molecule has 0 bridgehead atoms. The fourth-order valence-electron chi connectivity index (χ4n) is 3.82. The Hall–Kier alpha value is -1.32. The molecule has 0 N–H and O–H groups in total. The van der Waals surface area contributed by atoms with E-state index in [0.29, 0.717) is 0 Å². The van der Waals surface area contributed by atoms with E-state index in [9.17, 15) is 0 Å². The second-order valence-electron chi connectivity index (χ2n) is 7.27. The maximum atomic E-state index is 6.05. The number of hydrogen-bond donors (Lipinski definition) is 0. The fraction of sp³-hybridized carbons (Fsp3) is 0.600. The Balaban J connectivity index is 1.54. The van der Waals surface area contributed by atoms with E-state index in [2.05, 4.69) is 60.3 Å². The number of hydrogen-bond acceptors (Lipinski definition) is 3. The monoisotopic (exact) mass is 314 g/mol. The Labute approximate surface area is 140 Å². The number of ether oxygens (including phenoxy) is 1. The molecule has 0 unspecified atom stereocenters. The van der Waals surface area contributed by atoms with Crippen molar-refractivity contribution < 1.29 is 4.74 Å². The van der Waals surface area contributed by atoms with E-state index in [4.69, 9.17) is 4.74 Å². The van der Waals surface area contributed by atoms with E-state index in [1.165, 1.54) is 31.5 Å². The molecule has 1 aromatic carbocycles. The molecule has 126 valence electrons. The highest BCUT2D eigenvalue weighted by atomic mass is 16.5. The molecular formula is C20H30N2O. The smallest absolute Gasteiger partial charge is 0.123 e. The van der Waals surface area contributed by atoms with Crippen LogP contribution in [-0.2, 0) is 6.54 Å². The highest BCUT2D eigenvalue weighted by molar-refractivity contribution is 5.33. The summed E-state index contributed by atoms with van der Waals surface area (Å²) in [6.45, 7) is 5.37. The van der Waals surface area contributed by atoms with Crippen molar-refractivity contribution in [2.24, 2.45) is 11.8 Å². The Morgan fingerprint density at radius 3 is 2.48 bits per heavy atom. The second-order valence-corrected chi connectivity index (χ2v) is 7.27. The number of nitrogens with zero attached hydrogens (tertiary/aromatic N) is 2. The van der Waals surface area contributed by atoms with Crippen LogP contribution in [0, 0.1) is 11.8 Å². The summed E-state index contributed by atoms with van der Waals surface area (Å²) in [4.78, 5) is 4.82. The van der Waals surface area contributed by atoms with Gasteiger partial charge in [0.1, 0.15) is 5.75 Å². The van der Waals surface area contributed by atoms with Crippen molar-refractivity contribution in [2.45, 2.75) is 25.8 Å². The Morgan fingerprint density at radius 2 is 1.78 bits per heavy atom. The summed E-state index contributed by atoms with van der Waals surface area (Å²) in [6.07, 6.45) is 8.34. The minimum Gasteiger partial charge on any atom is -0.493 e. The molecule has 1 aromatic rings. The average molecular weight is 314 g/mol. The maximum Gasteiger partial charge on any atom is 0.123 e. The lowest BCUT2D eigenvalue weighted by Crippen LogP contribution is -2.21. The van der Waals surface area contributed by atoms with Crippen LogP contribution in [0.1, 0.15) is 24.8 Å². The predicted octanol–water partition coefficient (Wildman–Crippen LogP) is 3.42. The third kappa shape index (κ3) is 4.58. The fourth-order valence-corrected chi connectivity index (χ4v) is 3.82. The van der Waals surface area contributed by atoms with Gasteiger partial charge in [0.25, 0.3) is 0 Å². The van der Waals surface area contributed by atoms with Crippen molar-refractivity contribution in [3.05, 3.63) is 42.0 Å². The molecule has 1 fully saturated rings. The molecule has 1 saturated heterocycles. The lowest BCUT2D eigenvalue weighted by molar-refractivity contribution is 0.268. The molecule has 2 atom stereocenters. The van der Waals surface area contributed by atoms with Crippen LogP contribution in [0.3, 0.4) is 0 Å². The van der Waals surface area contributed by atoms with Gasteiger partial charge in [0.15, 0.2) is 0 Å². The normalized spacial score (nSPS) is 24.1. The molecular weight excluding hydrogens is 284 g/mol. The summed E-state index contributed by atoms with van der Waals surface area (Å²) in [5, 5.41) is 0. The van der Waals surface area contributed by atoms with E-state index >= 15 is 0 Å². The summed E-state index contributed by atoms with van der Waals surface area (Å²) in [7, 11) is 4.21. The molecule has 3 heteroatoms. The predicted molar refractivity (Wildman–Crippen MR) is 95.7 cm³/mol. The van der Waals surface area contributed by atoms with Crippen molar-refractivity contribution >= 4 is 0 Å². The van der Waals surface area contributed by atoms with Crippen molar-refractivity contribution in [1.29, 1.82) is 0 Å². The van der Waals surface area contributed by atoms with Crippen LogP contribution in [0.2, 0.25) is 0 Å². The third-order valence-corrected chi connectivity index (χ3v) is 5.07. The van der Waals surface area contributed by atoms with Gasteiger partial charge < -0.3 is 9.64 Å². The molecule has 0 saturated carbocycles. The maximum absolute atomic E-state index is 6.05. The summed E-state index contributed by atoms with van der Waals surface area (Å²) in [5.74, 6) is 2.81. The largest absolute Gasteiger partial charge is 0.493 e. The third-order valence-electron chi connectivity index (χ3n) is 5.07. The first-order valence-electron chi connectivity index (χ1n) is 8.95. The highest BCUT2D eigenvalue weighted by Gasteiger charge is 2.32. The summed E-state index contributed by atoms with van der Waals surface area (Å²) in [5.41, 5.74) is 1.34. The zero-order valence-electron chi connectivity index (χ0n) is 14.6. The van der Waals surface area contributed by atoms with Gasteiger partial charge in [0.2, 0.25) is 0 Å². The molecule has 1 aliphatic carbocycles. The lowest BCUT2D eigenvalue weighted by Gasteiger charge is -2.19. The topological polar surface area (TPSA) is 15.7 Å². The van der Waals surface area contributed by atoms with Crippen LogP contribution in [0.5, 0.6) is 5.75 Å². The summed E-state index contributed by atoms with van der Waals surface area (Å²) < 4.78 is 6.05. The van der Waals surface area contributed by atoms with Crippen molar-refractivity contribution in [3.63, 3.8) is 0 Å². The van der Waals surface area contributed by atoms with Crippen LogP contribution in [0.4, 0.5) is 0 Å². The summed E-state index contributed by atoms with van der Waals surface area (Å²) >= 11 is 0. The molecule has 3 nitrogen and oxygen atoms in total. The first-order valence-corrected chi connectivity index (χ1v) is 8.95. The number of likely N-dealkylation sites (tertiary alicyclic amines) is 1. The van der Waals surface area contributed by atoms with Crippen LogP contribution in [0.15, 0.2) is 36.4 Å². The van der Waals surface area contributed by atoms with Crippen LogP contribution >= 0.6 is 0 Å². The quantitative estimate of drug-likeness (QED) is 0.566. The first kappa shape index (κ1) is 16.5. The standard InChI is InChI=1S/C20H30N2O/c1-21(2)12-7-13-23-20-11-6-5-10-19(20)16-22-14-17-8-3-4-9-18(17)15-22/h3-6,10-11,17-18H,7-9,12-16H2,1-2H3/t17-,18+. The lowest BCUT2D eigenvalue weighted by atomic mass is 9.86. The zero-order chi connectivity index (χ0) is 16.1. The van der Waals surface area contributed by atoms with Gasteiger partial charge in [0, 0.05) is 31.7 Å². The molecule has 0 spiro atoms. The van der Waals surface area contributed by atoms with Gasteiger partial charge in [-0.3, -0.25) is 4.90 Å². The molecule has 0 radical (unpaired) electrons. The minimum atomic E-state index is 0.796. The van der Waals surface area contributed by atoms with Crippen LogP contribution in [0.25, 0.3) is 0 Å². The van der Waals surface area contributed by atoms with Gasteiger partial charge in [-0.2, -0.15) is 0 Å². The molecule has 0 aromatic heterocycles. The Bertz CT molecular complexity index is 510. The van der Waals surface area contributed by atoms with E-state index < -0.39 is 0 Å². The van der Waals surface area contributed by atoms with E-state index in [0.717, 1.165) is 43.7 Å². The highest BCUT2D eigenvalue weighted by Crippen LogP contribution is 2.34. The van der Waals surface area contributed by atoms with Gasteiger partial charge in [-0.25, -0.2) is 0 Å². The van der Waals surface area contributed by atoms with E-state index in [-0.39, 0.29) is 0 Å². The number of fused-ring (bicyclic) bond motifs is 1. The van der Waals surface area contributed by atoms with Gasteiger partial charge >= 0.3 is 0 Å². The van der Waals surface area contributed by atoms with Crippen LogP contribution in [-0.4, -0.2) is 50.1 Å². The van der Waals surface area contributed by atoms with Gasteiger partial charge in [-0.15, -0.1) is 0 Å². The van der Waals surface area contributed by atoms with E-state index in [1.54, 1.807) is 0 Å². The Kier molecular flexibility index (Phi) is 5.74. The van der Waals surface area contributed by atoms with E-state index in [1.807, 2.05) is 0 Å². The Morgan fingerprint density at radius 1 is 1.09 bits per heavy atom. The van der Waals surface area contributed by atoms with Gasteiger partial charge in [0.05, 0.1) is 6.61 Å².